The minimum absolute atomic E-state index is 0.00345. The molecule has 1 atom stereocenters. The SMILES string of the molecule is O=C(CCC(=O)N1CCCC(C(=O)Nc2ccccc2)C1)c1cccs1. The number of anilines is 1. The summed E-state index contributed by atoms with van der Waals surface area (Å²) in [6.45, 7) is 1.08. The van der Waals surface area contributed by atoms with Gasteiger partial charge in [-0.25, -0.2) is 0 Å². The highest BCUT2D eigenvalue weighted by Gasteiger charge is 2.28. The van der Waals surface area contributed by atoms with Gasteiger partial charge < -0.3 is 10.2 Å². The molecule has 3 rings (SSSR count). The zero-order chi connectivity index (χ0) is 18.4. The molecule has 6 heteroatoms. The second-order valence-corrected chi connectivity index (χ2v) is 7.38. The van der Waals surface area contributed by atoms with Crippen LogP contribution >= 0.6 is 11.3 Å². The molecule has 0 radical (unpaired) electrons. The fourth-order valence-corrected chi connectivity index (χ4v) is 3.82. The van der Waals surface area contributed by atoms with Gasteiger partial charge in [0.1, 0.15) is 0 Å². The summed E-state index contributed by atoms with van der Waals surface area (Å²) < 4.78 is 0. The van der Waals surface area contributed by atoms with Crippen LogP contribution in [-0.2, 0) is 9.59 Å². The van der Waals surface area contributed by atoms with E-state index in [4.69, 9.17) is 0 Å². The molecule has 26 heavy (non-hydrogen) atoms. The Balaban J connectivity index is 1.50. The molecule has 1 unspecified atom stereocenters. The molecular formula is C20H22N2O3S. The minimum atomic E-state index is -0.207. The first-order valence-corrected chi connectivity index (χ1v) is 9.72. The Kier molecular flexibility index (Phi) is 6.17. The fourth-order valence-electron chi connectivity index (χ4n) is 3.12. The maximum Gasteiger partial charge on any atom is 0.229 e. The van der Waals surface area contributed by atoms with E-state index in [1.54, 1.807) is 11.0 Å². The Hall–Kier alpha value is -2.47. The molecule has 2 heterocycles. The monoisotopic (exact) mass is 370 g/mol. The van der Waals surface area contributed by atoms with Gasteiger partial charge >= 0.3 is 0 Å². The van der Waals surface area contributed by atoms with Crippen LogP contribution < -0.4 is 5.32 Å². The van der Waals surface area contributed by atoms with Crippen molar-refractivity contribution in [2.75, 3.05) is 18.4 Å². The van der Waals surface area contributed by atoms with Crippen molar-refractivity contribution in [2.24, 2.45) is 5.92 Å². The Morgan fingerprint density at radius 1 is 1.08 bits per heavy atom. The number of rotatable bonds is 6. The Morgan fingerprint density at radius 3 is 2.62 bits per heavy atom. The number of ketones is 1. The van der Waals surface area contributed by atoms with Gasteiger partial charge in [-0.15, -0.1) is 11.3 Å². The van der Waals surface area contributed by atoms with Crippen LogP contribution in [0.4, 0.5) is 5.69 Å². The molecular weight excluding hydrogens is 348 g/mol. The van der Waals surface area contributed by atoms with Crippen molar-refractivity contribution >= 4 is 34.6 Å². The molecule has 1 aliphatic rings. The zero-order valence-corrected chi connectivity index (χ0v) is 15.3. The van der Waals surface area contributed by atoms with Gasteiger partial charge in [0.15, 0.2) is 5.78 Å². The van der Waals surface area contributed by atoms with Gasteiger partial charge in [0.2, 0.25) is 11.8 Å². The summed E-state index contributed by atoms with van der Waals surface area (Å²) in [5.41, 5.74) is 0.766. The fraction of sp³-hybridized carbons (Fsp3) is 0.350. The maximum absolute atomic E-state index is 12.5. The summed E-state index contributed by atoms with van der Waals surface area (Å²) in [6.07, 6.45) is 1.99. The molecule has 1 aliphatic heterocycles. The number of hydrogen-bond donors (Lipinski definition) is 1. The van der Waals surface area contributed by atoms with Crippen LogP contribution in [-0.4, -0.2) is 35.6 Å². The van der Waals surface area contributed by atoms with Crippen molar-refractivity contribution < 1.29 is 14.4 Å². The summed E-state index contributed by atoms with van der Waals surface area (Å²) in [6, 6.07) is 12.9. The lowest BCUT2D eigenvalue weighted by Crippen LogP contribution is -2.43. The lowest BCUT2D eigenvalue weighted by Gasteiger charge is -2.32. The van der Waals surface area contributed by atoms with Crippen LogP contribution in [0, 0.1) is 5.92 Å². The quantitative estimate of drug-likeness (QED) is 0.790. The van der Waals surface area contributed by atoms with Crippen molar-refractivity contribution in [3.8, 4) is 0 Å². The lowest BCUT2D eigenvalue weighted by molar-refractivity contribution is -0.134. The van der Waals surface area contributed by atoms with Crippen LogP contribution in [0.2, 0.25) is 0 Å². The third kappa shape index (κ3) is 4.79. The Labute approximate surface area is 157 Å². The van der Waals surface area contributed by atoms with Gasteiger partial charge in [0.25, 0.3) is 0 Å². The Bertz CT molecular complexity index is 759. The maximum atomic E-state index is 12.5. The molecule has 136 valence electrons. The van der Waals surface area contributed by atoms with Gasteiger partial charge in [-0.3, -0.25) is 14.4 Å². The van der Waals surface area contributed by atoms with Crippen molar-refractivity contribution in [1.29, 1.82) is 0 Å². The van der Waals surface area contributed by atoms with Crippen molar-refractivity contribution in [3.63, 3.8) is 0 Å². The number of hydrogen-bond acceptors (Lipinski definition) is 4. The highest BCUT2D eigenvalue weighted by molar-refractivity contribution is 7.12. The van der Waals surface area contributed by atoms with Crippen LogP contribution in [0.15, 0.2) is 47.8 Å². The zero-order valence-electron chi connectivity index (χ0n) is 14.5. The number of Topliss-reactive ketones (excluding diaryl/α,β-unsaturated/α-hetero) is 1. The number of nitrogens with zero attached hydrogens (tertiary/aromatic N) is 1. The third-order valence-corrected chi connectivity index (χ3v) is 5.46. The number of benzene rings is 1. The van der Waals surface area contributed by atoms with E-state index >= 15 is 0 Å². The number of carbonyl (C=O) groups excluding carboxylic acids is 3. The molecule has 0 spiro atoms. The number of piperidine rings is 1. The molecule has 1 aromatic carbocycles. The largest absolute Gasteiger partial charge is 0.342 e. The van der Waals surface area contributed by atoms with Gasteiger partial charge in [-0.1, -0.05) is 24.3 Å². The third-order valence-electron chi connectivity index (χ3n) is 4.55. The smallest absolute Gasteiger partial charge is 0.229 e. The van der Waals surface area contributed by atoms with Gasteiger partial charge in [-0.2, -0.15) is 0 Å². The predicted molar refractivity (Wildman–Crippen MR) is 102 cm³/mol. The number of amides is 2. The number of nitrogens with one attached hydrogen (secondary N) is 1. The average molecular weight is 370 g/mol. The number of thiophene rings is 1. The predicted octanol–water partition coefficient (Wildman–Crippen LogP) is 3.59. The van der Waals surface area contributed by atoms with E-state index in [-0.39, 0.29) is 36.4 Å². The van der Waals surface area contributed by atoms with E-state index in [0.717, 1.165) is 18.5 Å². The van der Waals surface area contributed by atoms with Crippen molar-refractivity contribution in [3.05, 3.63) is 52.7 Å². The van der Waals surface area contributed by atoms with Gasteiger partial charge in [0.05, 0.1) is 10.8 Å². The molecule has 1 N–H and O–H groups in total. The molecule has 2 amide bonds. The first-order chi connectivity index (χ1) is 12.6. The second-order valence-electron chi connectivity index (χ2n) is 6.43. The number of likely N-dealkylation sites (tertiary alicyclic amines) is 1. The van der Waals surface area contributed by atoms with Crippen LogP contribution in [0.1, 0.15) is 35.4 Å². The molecule has 0 aliphatic carbocycles. The minimum Gasteiger partial charge on any atom is -0.342 e. The molecule has 2 aromatic rings. The van der Waals surface area contributed by atoms with E-state index < -0.39 is 0 Å². The topological polar surface area (TPSA) is 66.5 Å². The van der Waals surface area contributed by atoms with Crippen LogP contribution in [0.25, 0.3) is 0 Å². The first-order valence-electron chi connectivity index (χ1n) is 8.84. The first kappa shape index (κ1) is 18.3. The van der Waals surface area contributed by atoms with Crippen molar-refractivity contribution in [1.82, 2.24) is 4.90 Å². The van der Waals surface area contributed by atoms with Crippen LogP contribution in [0.3, 0.4) is 0 Å². The van der Waals surface area contributed by atoms with E-state index in [1.165, 1.54) is 11.3 Å². The van der Waals surface area contributed by atoms with E-state index in [0.29, 0.717) is 18.0 Å². The van der Waals surface area contributed by atoms with Gasteiger partial charge in [0, 0.05) is 31.6 Å². The number of carbonyl (C=O) groups is 3. The van der Waals surface area contributed by atoms with Crippen molar-refractivity contribution in [2.45, 2.75) is 25.7 Å². The summed E-state index contributed by atoms with van der Waals surface area (Å²) in [4.78, 5) is 39.4. The van der Waals surface area contributed by atoms with E-state index in [2.05, 4.69) is 5.32 Å². The molecule has 1 fully saturated rings. The highest BCUT2D eigenvalue weighted by atomic mass is 32.1. The average Bonchev–Trinajstić information content (AvgIpc) is 3.21. The van der Waals surface area contributed by atoms with Gasteiger partial charge in [-0.05, 0) is 36.4 Å². The van der Waals surface area contributed by atoms with Crippen LogP contribution in [0.5, 0.6) is 0 Å². The highest BCUT2D eigenvalue weighted by Crippen LogP contribution is 2.20. The summed E-state index contributed by atoms with van der Waals surface area (Å²) in [7, 11) is 0. The summed E-state index contributed by atoms with van der Waals surface area (Å²) in [5.74, 6) is -0.305. The standard InChI is InChI=1S/C20H22N2O3S/c23-17(18-9-5-13-26-18)10-11-19(24)22-12-4-6-15(14-22)20(25)21-16-7-2-1-3-8-16/h1-3,5,7-9,13,15H,4,6,10-12,14H2,(H,21,25). The second kappa shape index (κ2) is 8.76. The van der Waals surface area contributed by atoms with E-state index in [1.807, 2.05) is 41.8 Å². The molecule has 0 bridgehead atoms. The Morgan fingerprint density at radius 2 is 1.88 bits per heavy atom. The molecule has 5 nitrogen and oxygen atoms in total. The molecule has 1 aromatic heterocycles. The number of para-hydroxylation sites is 1. The normalized spacial score (nSPS) is 16.9. The van der Waals surface area contributed by atoms with E-state index in [9.17, 15) is 14.4 Å². The lowest BCUT2D eigenvalue weighted by atomic mass is 9.96. The summed E-state index contributed by atoms with van der Waals surface area (Å²) in [5, 5.41) is 4.77. The summed E-state index contributed by atoms with van der Waals surface area (Å²) >= 11 is 1.40. The molecule has 0 saturated carbocycles. The molecule has 1 saturated heterocycles.